The van der Waals surface area contributed by atoms with E-state index in [2.05, 4.69) is 0 Å². The number of alkyl halides is 2. The first-order chi connectivity index (χ1) is 11.3. The number of methoxy groups -OCH3 is 1. The number of amides is 1. The van der Waals surface area contributed by atoms with Crippen LogP contribution in [0.1, 0.15) is 21.5 Å². The van der Waals surface area contributed by atoms with Crippen molar-refractivity contribution in [2.45, 2.75) is 20.3 Å². The molecule has 0 spiro atoms. The van der Waals surface area contributed by atoms with Gasteiger partial charge in [-0.15, -0.1) is 0 Å². The Kier molecular flexibility index (Phi) is 7.57. The fraction of sp³-hybridized carbons (Fsp3) is 0.500. The lowest BCUT2D eigenvalue weighted by Crippen LogP contribution is -2.37. The highest BCUT2D eigenvalue weighted by atomic mass is 19.3. The number of hydrogen-bond acceptors (Lipinski definition) is 4. The lowest BCUT2D eigenvalue weighted by atomic mass is 10.0. The van der Waals surface area contributed by atoms with Crippen LogP contribution >= 0.6 is 0 Å². The SMILES string of the molecule is COCCN(CC(F)F)C(=O)c1cc(C)c(OCC(=O)O)c(C)c1. The minimum atomic E-state index is -2.65. The van der Waals surface area contributed by atoms with E-state index in [0.29, 0.717) is 16.9 Å². The Hall–Kier alpha value is -2.22. The van der Waals surface area contributed by atoms with Gasteiger partial charge in [0.25, 0.3) is 12.3 Å². The summed E-state index contributed by atoms with van der Waals surface area (Å²) < 4.78 is 35.4. The summed E-state index contributed by atoms with van der Waals surface area (Å²) in [4.78, 5) is 24.1. The molecule has 1 aromatic carbocycles. The quantitative estimate of drug-likeness (QED) is 0.742. The molecule has 0 saturated carbocycles. The normalized spacial score (nSPS) is 10.8. The van der Waals surface area contributed by atoms with Crippen LogP contribution in [-0.4, -0.2) is 61.7 Å². The molecule has 0 heterocycles. The van der Waals surface area contributed by atoms with E-state index < -0.39 is 31.5 Å². The summed E-state index contributed by atoms with van der Waals surface area (Å²) in [6, 6.07) is 3.00. The first-order valence-corrected chi connectivity index (χ1v) is 7.28. The highest BCUT2D eigenvalue weighted by Crippen LogP contribution is 2.25. The Balaban J connectivity index is 3.02. The average molecular weight is 345 g/mol. The van der Waals surface area contributed by atoms with Crippen LogP contribution in [0.4, 0.5) is 8.78 Å². The van der Waals surface area contributed by atoms with E-state index in [1.165, 1.54) is 19.2 Å². The number of carbonyl (C=O) groups is 2. The lowest BCUT2D eigenvalue weighted by Gasteiger charge is -2.23. The molecule has 6 nitrogen and oxygen atoms in total. The lowest BCUT2D eigenvalue weighted by molar-refractivity contribution is -0.139. The summed E-state index contributed by atoms with van der Waals surface area (Å²) in [5.74, 6) is -1.29. The van der Waals surface area contributed by atoms with Crippen LogP contribution < -0.4 is 4.74 Å². The molecule has 8 heteroatoms. The van der Waals surface area contributed by atoms with Gasteiger partial charge in [-0.25, -0.2) is 13.6 Å². The molecule has 0 aliphatic rings. The van der Waals surface area contributed by atoms with Gasteiger partial charge in [-0.05, 0) is 37.1 Å². The molecule has 1 amide bonds. The molecule has 1 N–H and O–H groups in total. The minimum Gasteiger partial charge on any atom is -0.481 e. The molecule has 134 valence electrons. The second-order valence-electron chi connectivity index (χ2n) is 5.26. The first kappa shape index (κ1) is 19.8. The summed E-state index contributed by atoms with van der Waals surface area (Å²) in [6.45, 7) is 2.34. The molecule has 0 atom stereocenters. The molecule has 0 unspecified atom stereocenters. The average Bonchev–Trinajstić information content (AvgIpc) is 2.49. The standard InChI is InChI=1S/C16H21F2NO5/c1-10-6-12(7-11(2)15(10)24-9-14(20)21)16(22)19(4-5-23-3)8-13(17)18/h6-7,13H,4-5,8-9H2,1-3H3,(H,20,21). The number of ether oxygens (including phenoxy) is 2. The third-order valence-corrected chi connectivity index (χ3v) is 3.26. The van der Waals surface area contributed by atoms with Crippen molar-refractivity contribution in [3.63, 3.8) is 0 Å². The summed E-state index contributed by atoms with van der Waals surface area (Å²) in [5.41, 5.74) is 1.36. The predicted octanol–water partition coefficient (Wildman–Crippen LogP) is 2.12. The Morgan fingerprint density at radius 3 is 2.29 bits per heavy atom. The number of nitrogens with zero attached hydrogens (tertiary/aromatic N) is 1. The Morgan fingerprint density at radius 1 is 1.25 bits per heavy atom. The molecular formula is C16H21F2NO5. The van der Waals surface area contributed by atoms with Gasteiger partial charge in [0, 0.05) is 19.2 Å². The molecule has 0 fully saturated rings. The number of rotatable bonds is 9. The molecule has 1 aromatic rings. The maximum atomic E-state index is 12.7. The van der Waals surface area contributed by atoms with Crippen LogP contribution in [0.5, 0.6) is 5.75 Å². The number of benzene rings is 1. The summed E-state index contributed by atoms with van der Waals surface area (Å²) in [7, 11) is 1.42. The van der Waals surface area contributed by atoms with Crippen molar-refractivity contribution >= 4 is 11.9 Å². The molecule has 24 heavy (non-hydrogen) atoms. The highest BCUT2D eigenvalue weighted by molar-refractivity contribution is 5.95. The number of halogens is 2. The van der Waals surface area contributed by atoms with Gasteiger partial charge in [-0.3, -0.25) is 4.79 Å². The van der Waals surface area contributed by atoms with Crippen molar-refractivity contribution in [1.82, 2.24) is 4.90 Å². The van der Waals surface area contributed by atoms with Gasteiger partial charge in [0.1, 0.15) is 5.75 Å². The Labute approximate surface area is 139 Å². The highest BCUT2D eigenvalue weighted by Gasteiger charge is 2.21. The smallest absolute Gasteiger partial charge is 0.341 e. The van der Waals surface area contributed by atoms with E-state index in [1.54, 1.807) is 13.8 Å². The van der Waals surface area contributed by atoms with Crippen molar-refractivity contribution < 1.29 is 33.0 Å². The van der Waals surface area contributed by atoms with Gasteiger partial charge < -0.3 is 19.5 Å². The topological polar surface area (TPSA) is 76.1 Å². The summed E-state index contributed by atoms with van der Waals surface area (Å²) >= 11 is 0. The van der Waals surface area contributed by atoms with Crippen molar-refractivity contribution in [2.75, 3.05) is 33.4 Å². The first-order valence-electron chi connectivity index (χ1n) is 7.28. The zero-order chi connectivity index (χ0) is 18.3. The van der Waals surface area contributed by atoms with Gasteiger partial charge in [-0.2, -0.15) is 0 Å². The molecular weight excluding hydrogens is 324 g/mol. The van der Waals surface area contributed by atoms with E-state index in [1.807, 2.05) is 0 Å². The van der Waals surface area contributed by atoms with E-state index >= 15 is 0 Å². The molecule has 0 bridgehead atoms. The third kappa shape index (κ3) is 5.77. The van der Waals surface area contributed by atoms with Gasteiger partial charge in [-0.1, -0.05) is 0 Å². The second-order valence-corrected chi connectivity index (χ2v) is 5.26. The van der Waals surface area contributed by atoms with Crippen LogP contribution in [0.15, 0.2) is 12.1 Å². The largest absolute Gasteiger partial charge is 0.481 e. The fourth-order valence-electron chi connectivity index (χ4n) is 2.26. The van der Waals surface area contributed by atoms with E-state index in [0.717, 1.165) is 4.90 Å². The molecule has 0 aromatic heterocycles. The maximum absolute atomic E-state index is 12.7. The third-order valence-electron chi connectivity index (χ3n) is 3.26. The molecule has 0 aliphatic heterocycles. The maximum Gasteiger partial charge on any atom is 0.341 e. The van der Waals surface area contributed by atoms with Gasteiger partial charge in [0.05, 0.1) is 13.2 Å². The van der Waals surface area contributed by atoms with Crippen LogP contribution in [0.2, 0.25) is 0 Å². The van der Waals surface area contributed by atoms with E-state index in [-0.39, 0.29) is 18.7 Å². The summed E-state index contributed by atoms with van der Waals surface area (Å²) in [5, 5.41) is 8.67. The van der Waals surface area contributed by atoms with Crippen LogP contribution in [0.3, 0.4) is 0 Å². The van der Waals surface area contributed by atoms with E-state index in [4.69, 9.17) is 14.6 Å². The number of carboxylic acid groups (broad SMARTS) is 1. The summed E-state index contributed by atoms with van der Waals surface area (Å²) in [6.07, 6.45) is -2.65. The number of carboxylic acids is 1. The van der Waals surface area contributed by atoms with E-state index in [9.17, 15) is 18.4 Å². The Morgan fingerprint density at radius 2 is 1.83 bits per heavy atom. The number of hydrogen-bond donors (Lipinski definition) is 1. The van der Waals surface area contributed by atoms with Crippen LogP contribution in [0, 0.1) is 13.8 Å². The van der Waals surface area contributed by atoms with Gasteiger partial charge in [0.2, 0.25) is 0 Å². The zero-order valence-electron chi connectivity index (χ0n) is 13.8. The molecule has 1 rings (SSSR count). The van der Waals surface area contributed by atoms with Crippen molar-refractivity contribution in [3.05, 3.63) is 28.8 Å². The van der Waals surface area contributed by atoms with Gasteiger partial charge in [0.15, 0.2) is 6.61 Å². The number of carbonyl (C=O) groups excluding carboxylic acids is 1. The fourth-order valence-corrected chi connectivity index (χ4v) is 2.26. The Bertz CT molecular complexity index is 569. The molecule has 0 radical (unpaired) electrons. The van der Waals surface area contributed by atoms with Crippen molar-refractivity contribution in [1.29, 1.82) is 0 Å². The van der Waals surface area contributed by atoms with Crippen molar-refractivity contribution in [3.8, 4) is 5.75 Å². The minimum absolute atomic E-state index is 0.0506. The monoisotopic (exact) mass is 345 g/mol. The molecule has 0 saturated heterocycles. The van der Waals surface area contributed by atoms with Gasteiger partial charge >= 0.3 is 5.97 Å². The van der Waals surface area contributed by atoms with Crippen molar-refractivity contribution in [2.24, 2.45) is 0 Å². The number of aliphatic carboxylic acids is 1. The second kappa shape index (κ2) is 9.17. The predicted molar refractivity (Wildman–Crippen MR) is 82.8 cm³/mol. The zero-order valence-corrected chi connectivity index (χ0v) is 13.8. The van der Waals surface area contributed by atoms with Crippen LogP contribution in [-0.2, 0) is 9.53 Å². The molecule has 0 aliphatic carbocycles. The number of aryl methyl sites for hydroxylation is 2. The van der Waals surface area contributed by atoms with Crippen LogP contribution in [0.25, 0.3) is 0 Å².